The Morgan fingerprint density at radius 3 is 2.48 bits per heavy atom. The molecule has 2 atom stereocenters. The van der Waals surface area contributed by atoms with E-state index in [2.05, 4.69) is 15.4 Å². The maximum Gasteiger partial charge on any atom is 0.423 e. The van der Waals surface area contributed by atoms with E-state index in [4.69, 9.17) is 4.74 Å². The van der Waals surface area contributed by atoms with Crippen LogP contribution in [0.5, 0.6) is 0 Å². The van der Waals surface area contributed by atoms with Gasteiger partial charge in [-0.25, -0.2) is 10.1 Å². The van der Waals surface area contributed by atoms with E-state index in [1.807, 2.05) is 0 Å². The number of H-pyrrole nitrogens is 1. The number of rotatable bonds is 8. The Morgan fingerprint density at radius 2 is 1.83 bits per heavy atom. The largest absolute Gasteiger partial charge is 0.423 e. The molecule has 0 saturated carbocycles. The molecule has 230 valence electrons. The minimum Gasteiger partial charge on any atom is -0.379 e. The number of aromatic amines is 1. The second kappa shape index (κ2) is 11.8. The number of aromatic nitrogens is 3. The molecule has 4 heterocycles. The summed E-state index contributed by atoms with van der Waals surface area (Å²) in [6.07, 6.45) is -8.03. The molecule has 0 spiro atoms. The number of halogens is 6. The van der Waals surface area contributed by atoms with Gasteiger partial charge in [-0.05, 0) is 26.8 Å². The van der Waals surface area contributed by atoms with Crippen LogP contribution in [0.3, 0.4) is 0 Å². The van der Waals surface area contributed by atoms with E-state index in [0.29, 0.717) is 0 Å². The van der Waals surface area contributed by atoms with Gasteiger partial charge in [0, 0.05) is 31.4 Å². The van der Waals surface area contributed by atoms with Crippen molar-refractivity contribution in [2.45, 2.75) is 57.7 Å². The molecule has 2 aromatic rings. The monoisotopic (exact) mass is 605 g/mol. The Balaban J connectivity index is 1.34. The molecule has 0 bridgehead atoms. The maximum absolute atomic E-state index is 13.4. The first kappa shape index (κ1) is 31.1. The predicted octanol–water partition coefficient (Wildman–Crippen LogP) is 2.88. The highest BCUT2D eigenvalue weighted by Crippen LogP contribution is 2.41. The van der Waals surface area contributed by atoms with Crippen molar-refractivity contribution < 1.29 is 40.7 Å². The molecular formula is C25H29F6N7O4. The molecular weight excluding hydrogens is 576 g/mol. The van der Waals surface area contributed by atoms with Gasteiger partial charge in [0.05, 0.1) is 49.3 Å². The summed E-state index contributed by atoms with van der Waals surface area (Å²) < 4.78 is 85.1. The van der Waals surface area contributed by atoms with E-state index >= 15 is 0 Å². The number of nitrogens with one attached hydrogen (secondary N) is 2. The second-order valence-electron chi connectivity index (χ2n) is 10.3. The highest BCUT2D eigenvalue weighted by Gasteiger charge is 2.45. The van der Waals surface area contributed by atoms with Crippen LogP contribution in [-0.4, -0.2) is 82.9 Å². The number of anilines is 3. The van der Waals surface area contributed by atoms with Crippen molar-refractivity contribution in [2.75, 3.05) is 48.0 Å². The first-order valence-corrected chi connectivity index (χ1v) is 13.0. The molecule has 0 aliphatic carbocycles. The molecule has 0 aromatic carbocycles. The fourth-order valence-corrected chi connectivity index (χ4v) is 4.96. The van der Waals surface area contributed by atoms with E-state index in [1.165, 1.54) is 16.7 Å². The molecule has 17 heteroatoms. The Morgan fingerprint density at radius 1 is 1.12 bits per heavy atom. The van der Waals surface area contributed by atoms with Crippen LogP contribution in [0.25, 0.3) is 0 Å². The van der Waals surface area contributed by atoms with Crippen LogP contribution in [0.1, 0.15) is 38.3 Å². The van der Waals surface area contributed by atoms with Crippen molar-refractivity contribution in [1.82, 2.24) is 20.1 Å². The van der Waals surface area contributed by atoms with E-state index in [9.17, 15) is 40.7 Å². The van der Waals surface area contributed by atoms with E-state index in [1.54, 1.807) is 23.8 Å². The van der Waals surface area contributed by atoms with Crippen molar-refractivity contribution in [3.05, 3.63) is 39.9 Å². The molecule has 2 aromatic heterocycles. The normalized spacial score (nSPS) is 18.2. The molecule has 42 heavy (non-hydrogen) atoms. The summed E-state index contributed by atoms with van der Waals surface area (Å²) in [5.74, 6) is -0.536. The molecule has 1 saturated heterocycles. The number of amides is 2. The zero-order valence-electron chi connectivity index (χ0n) is 22.8. The Kier molecular flexibility index (Phi) is 8.71. The van der Waals surface area contributed by atoms with Gasteiger partial charge in [0.2, 0.25) is 5.91 Å². The number of fused-ring (bicyclic) bond motifs is 3. The molecule has 0 radical (unpaired) electrons. The molecule has 11 nitrogen and oxygen atoms in total. The van der Waals surface area contributed by atoms with Gasteiger partial charge in [-0.1, -0.05) is 0 Å². The first-order valence-electron chi connectivity index (χ1n) is 13.0. The minimum absolute atomic E-state index is 0.00321. The fraction of sp³-hybridized carbons (Fsp3) is 0.560. The standard InChI is InChI=1S/C25H29F6N7O4/c1-13(2)38-17-8-15(24(26,27)28)9-32-21(17)37-6-5-36(11-18(37)23(38)41)19(39)4-7-42-12-14(3)34-16-10-33-35-22(40)20(16)25(29,30)31/h8-10,13-14,18H,4-7,11-12H2,1-3H3,(H2,34,35,40)/t14-,18-/m0/s1. The van der Waals surface area contributed by atoms with Crippen LogP contribution in [0, 0.1) is 0 Å². The number of carbonyl (C=O) groups is 2. The molecule has 0 unspecified atom stereocenters. The highest BCUT2D eigenvalue weighted by atomic mass is 19.4. The number of alkyl halides is 6. The molecule has 4 rings (SSSR count). The van der Waals surface area contributed by atoms with Crippen LogP contribution in [0.4, 0.5) is 43.5 Å². The number of nitrogens with zero attached hydrogens (tertiary/aromatic N) is 5. The van der Waals surface area contributed by atoms with Gasteiger partial charge in [0.15, 0.2) is 5.82 Å². The lowest BCUT2D eigenvalue weighted by Crippen LogP contribution is -2.64. The summed E-state index contributed by atoms with van der Waals surface area (Å²) >= 11 is 0. The molecule has 1 fully saturated rings. The molecule has 2 amide bonds. The van der Waals surface area contributed by atoms with Crippen LogP contribution in [0.2, 0.25) is 0 Å². The van der Waals surface area contributed by atoms with Gasteiger partial charge in [0.25, 0.3) is 11.5 Å². The average molecular weight is 606 g/mol. The number of piperazine rings is 1. The van der Waals surface area contributed by atoms with Gasteiger partial charge in [-0.15, -0.1) is 0 Å². The Labute approximate surface area is 235 Å². The second-order valence-corrected chi connectivity index (χ2v) is 10.3. The summed E-state index contributed by atoms with van der Waals surface area (Å²) in [5.41, 5.74) is -4.20. The lowest BCUT2D eigenvalue weighted by molar-refractivity contribution is -0.138. The summed E-state index contributed by atoms with van der Waals surface area (Å²) in [6, 6.07) is -1.05. The van der Waals surface area contributed by atoms with Crippen LogP contribution in [0.15, 0.2) is 23.3 Å². The predicted molar refractivity (Wildman–Crippen MR) is 138 cm³/mol. The Hall–Kier alpha value is -3.89. The van der Waals surface area contributed by atoms with Crippen molar-refractivity contribution in [1.29, 1.82) is 0 Å². The number of hydrogen-bond acceptors (Lipinski definition) is 8. The van der Waals surface area contributed by atoms with E-state index in [0.717, 1.165) is 18.5 Å². The van der Waals surface area contributed by atoms with E-state index in [-0.39, 0.29) is 56.7 Å². The number of carbonyl (C=O) groups excluding carboxylic acids is 2. The third-order valence-electron chi connectivity index (χ3n) is 6.85. The lowest BCUT2D eigenvalue weighted by Gasteiger charge is -2.48. The SMILES string of the molecule is CC(C)N1C(=O)[C@@H]2CN(C(=O)CCOC[C@H](C)Nc3cn[nH]c(=O)c3C(F)(F)F)CCN2c2ncc(C(F)(F)F)cc21. The third-order valence-corrected chi connectivity index (χ3v) is 6.85. The van der Waals surface area contributed by atoms with Gasteiger partial charge < -0.3 is 24.8 Å². The summed E-state index contributed by atoms with van der Waals surface area (Å²) in [5, 5.41) is 7.67. The van der Waals surface area contributed by atoms with Crippen molar-refractivity contribution in [3.8, 4) is 0 Å². The molecule has 2 N–H and O–H groups in total. The third kappa shape index (κ3) is 6.44. The smallest absolute Gasteiger partial charge is 0.379 e. The summed E-state index contributed by atoms with van der Waals surface area (Å²) in [6.45, 7) is 5.09. The number of pyridine rings is 1. The maximum atomic E-state index is 13.4. The number of ether oxygens (including phenoxy) is 1. The van der Waals surface area contributed by atoms with Gasteiger partial charge in [-0.3, -0.25) is 14.4 Å². The quantitative estimate of drug-likeness (QED) is 0.348. The van der Waals surface area contributed by atoms with Crippen molar-refractivity contribution >= 4 is 29.0 Å². The molecule has 2 aliphatic heterocycles. The van der Waals surface area contributed by atoms with Crippen LogP contribution >= 0.6 is 0 Å². The van der Waals surface area contributed by atoms with Crippen LogP contribution < -0.4 is 20.7 Å². The zero-order valence-corrected chi connectivity index (χ0v) is 22.8. The van der Waals surface area contributed by atoms with Gasteiger partial charge in [0.1, 0.15) is 11.6 Å². The van der Waals surface area contributed by atoms with Crippen molar-refractivity contribution in [3.63, 3.8) is 0 Å². The van der Waals surface area contributed by atoms with Crippen molar-refractivity contribution in [2.24, 2.45) is 0 Å². The first-order chi connectivity index (χ1) is 19.6. The summed E-state index contributed by atoms with van der Waals surface area (Å²) in [4.78, 5) is 46.3. The minimum atomic E-state index is -4.90. The summed E-state index contributed by atoms with van der Waals surface area (Å²) in [7, 11) is 0. The van der Waals surface area contributed by atoms with Crippen LogP contribution in [-0.2, 0) is 26.7 Å². The lowest BCUT2D eigenvalue weighted by atomic mass is 10.0. The van der Waals surface area contributed by atoms with E-state index < -0.39 is 58.8 Å². The average Bonchev–Trinajstić information content (AvgIpc) is 2.89. The number of hydrogen-bond donors (Lipinski definition) is 2. The highest BCUT2D eigenvalue weighted by molar-refractivity contribution is 6.05. The zero-order chi connectivity index (χ0) is 31.0. The Bertz CT molecular complexity index is 1380. The molecule has 2 aliphatic rings. The van der Waals surface area contributed by atoms with Gasteiger partial charge in [-0.2, -0.15) is 31.4 Å². The van der Waals surface area contributed by atoms with Gasteiger partial charge >= 0.3 is 12.4 Å². The topological polar surface area (TPSA) is 124 Å². The fourth-order valence-electron chi connectivity index (χ4n) is 4.96.